The number of rotatable bonds is 2. The fraction of sp³-hybridized carbons (Fsp3) is 0.500. The highest BCUT2D eigenvalue weighted by atomic mass is 19.1. The predicted molar refractivity (Wildman–Crippen MR) is 71.9 cm³/mol. The molecule has 114 valence electrons. The highest BCUT2D eigenvalue weighted by molar-refractivity contribution is 5.95. The number of carbonyl (C=O) groups excluding carboxylic acids is 1. The number of carbonyl (C=O) groups is 1. The van der Waals surface area contributed by atoms with Crippen LogP contribution in [-0.2, 0) is 0 Å². The maximum atomic E-state index is 14.0. The van der Waals surface area contributed by atoms with E-state index < -0.39 is 33.7 Å². The van der Waals surface area contributed by atoms with Crippen molar-refractivity contribution in [3.05, 3.63) is 39.4 Å². The molecule has 1 heterocycles. The van der Waals surface area contributed by atoms with Gasteiger partial charge in [0.05, 0.1) is 4.92 Å². The second kappa shape index (κ2) is 5.75. The number of amides is 1. The normalized spacial score (nSPS) is 22.2. The van der Waals surface area contributed by atoms with Crippen molar-refractivity contribution in [2.45, 2.75) is 20.3 Å². The van der Waals surface area contributed by atoms with Crippen LogP contribution in [0.25, 0.3) is 0 Å². The molecule has 1 aromatic carbocycles. The van der Waals surface area contributed by atoms with Crippen LogP contribution in [0, 0.1) is 33.6 Å². The molecule has 1 amide bonds. The number of benzene rings is 1. The number of nitrogens with zero attached hydrogens (tertiary/aromatic N) is 2. The van der Waals surface area contributed by atoms with Crippen LogP contribution in [0.2, 0.25) is 0 Å². The molecule has 2 atom stereocenters. The summed E-state index contributed by atoms with van der Waals surface area (Å²) in [5.74, 6) is -2.67. The number of hydrogen-bond acceptors (Lipinski definition) is 3. The third-order valence-electron chi connectivity index (χ3n) is 4.10. The zero-order valence-electron chi connectivity index (χ0n) is 11.8. The predicted octanol–water partition coefficient (Wildman–Crippen LogP) is 2.99. The quantitative estimate of drug-likeness (QED) is 0.623. The lowest BCUT2D eigenvalue weighted by atomic mass is 9.88. The van der Waals surface area contributed by atoms with Crippen molar-refractivity contribution >= 4 is 11.6 Å². The Kier molecular flexibility index (Phi) is 4.20. The Morgan fingerprint density at radius 1 is 1.33 bits per heavy atom. The van der Waals surface area contributed by atoms with E-state index >= 15 is 0 Å². The Labute approximate surface area is 120 Å². The summed E-state index contributed by atoms with van der Waals surface area (Å²) in [6.45, 7) is 4.80. The first-order valence-electron chi connectivity index (χ1n) is 6.74. The highest BCUT2D eigenvalue weighted by Crippen LogP contribution is 2.28. The van der Waals surface area contributed by atoms with Gasteiger partial charge < -0.3 is 4.90 Å². The van der Waals surface area contributed by atoms with Gasteiger partial charge in [0, 0.05) is 19.2 Å². The minimum Gasteiger partial charge on any atom is -0.338 e. The van der Waals surface area contributed by atoms with E-state index in [1.165, 1.54) is 4.90 Å². The van der Waals surface area contributed by atoms with Crippen LogP contribution in [0.1, 0.15) is 30.6 Å². The van der Waals surface area contributed by atoms with Crippen molar-refractivity contribution in [1.82, 2.24) is 4.90 Å². The largest absolute Gasteiger partial charge is 0.338 e. The topological polar surface area (TPSA) is 63.5 Å². The Bertz CT molecular complexity index is 592. The lowest BCUT2D eigenvalue weighted by Crippen LogP contribution is -2.42. The van der Waals surface area contributed by atoms with Crippen LogP contribution in [0.5, 0.6) is 0 Å². The van der Waals surface area contributed by atoms with Gasteiger partial charge >= 0.3 is 5.69 Å². The number of likely N-dealkylation sites (tertiary alicyclic amines) is 1. The van der Waals surface area contributed by atoms with Crippen molar-refractivity contribution in [2.75, 3.05) is 13.1 Å². The Balaban J connectivity index is 2.35. The van der Waals surface area contributed by atoms with Gasteiger partial charge in [0.15, 0.2) is 0 Å². The third kappa shape index (κ3) is 2.86. The standard InChI is InChI=1S/C14H16F2N2O3/c1-8-5-6-17(7-9(8)2)14(19)12-10(15)3-4-11(13(12)16)18(20)21/h3-4,8-9H,5-7H2,1-2H3. The zero-order valence-corrected chi connectivity index (χ0v) is 11.8. The van der Waals surface area contributed by atoms with Gasteiger partial charge in [-0.2, -0.15) is 4.39 Å². The van der Waals surface area contributed by atoms with E-state index in [1.54, 1.807) is 0 Å². The molecule has 2 unspecified atom stereocenters. The average Bonchev–Trinajstić information content (AvgIpc) is 2.41. The summed E-state index contributed by atoms with van der Waals surface area (Å²) in [4.78, 5) is 23.4. The van der Waals surface area contributed by atoms with E-state index in [4.69, 9.17) is 0 Å². The molecule has 21 heavy (non-hydrogen) atoms. The lowest BCUT2D eigenvalue weighted by Gasteiger charge is -2.35. The van der Waals surface area contributed by atoms with Crippen LogP contribution < -0.4 is 0 Å². The van der Waals surface area contributed by atoms with E-state index in [-0.39, 0.29) is 5.92 Å². The first-order valence-corrected chi connectivity index (χ1v) is 6.74. The summed E-state index contributed by atoms with van der Waals surface area (Å²) < 4.78 is 27.8. The lowest BCUT2D eigenvalue weighted by molar-refractivity contribution is -0.387. The molecule has 0 radical (unpaired) electrons. The van der Waals surface area contributed by atoms with Gasteiger partial charge in [-0.1, -0.05) is 13.8 Å². The van der Waals surface area contributed by atoms with Gasteiger partial charge in [0.1, 0.15) is 11.4 Å². The van der Waals surface area contributed by atoms with Crippen molar-refractivity contribution in [1.29, 1.82) is 0 Å². The van der Waals surface area contributed by atoms with E-state index in [0.717, 1.165) is 18.6 Å². The van der Waals surface area contributed by atoms with E-state index in [2.05, 4.69) is 6.92 Å². The molecule has 5 nitrogen and oxygen atoms in total. The van der Waals surface area contributed by atoms with Crippen molar-refractivity contribution in [3.8, 4) is 0 Å². The molecule has 1 aromatic rings. The molecule has 1 aliphatic heterocycles. The van der Waals surface area contributed by atoms with Gasteiger partial charge in [0.2, 0.25) is 5.82 Å². The van der Waals surface area contributed by atoms with Crippen molar-refractivity contribution in [2.24, 2.45) is 11.8 Å². The van der Waals surface area contributed by atoms with Crippen LogP contribution in [0.3, 0.4) is 0 Å². The molecule has 1 aliphatic rings. The Morgan fingerprint density at radius 3 is 2.57 bits per heavy atom. The van der Waals surface area contributed by atoms with Crippen LogP contribution in [-0.4, -0.2) is 28.8 Å². The van der Waals surface area contributed by atoms with Gasteiger partial charge in [-0.15, -0.1) is 0 Å². The average molecular weight is 298 g/mol. The van der Waals surface area contributed by atoms with Gasteiger partial charge in [-0.3, -0.25) is 14.9 Å². The minimum atomic E-state index is -1.41. The smallest absolute Gasteiger partial charge is 0.305 e. The Hall–Kier alpha value is -2.05. The summed E-state index contributed by atoms with van der Waals surface area (Å²) >= 11 is 0. The van der Waals surface area contributed by atoms with Crippen molar-refractivity contribution in [3.63, 3.8) is 0 Å². The van der Waals surface area contributed by atoms with E-state index in [1.807, 2.05) is 6.92 Å². The molecule has 2 rings (SSSR count). The van der Waals surface area contributed by atoms with Crippen molar-refractivity contribution < 1.29 is 18.5 Å². The SMILES string of the molecule is CC1CCN(C(=O)c2c(F)ccc([N+](=O)[O-])c2F)CC1C. The second-order valence-electron chi connectivity index (χ2n) is 5.51. The van der Waals surface area contributed by atoms with Crippen LogP contribution in [0.15, 0.2) is 12.1 Å². The van der Waals surface area contributed by atoms with Crippen LogP contribution >= 0.6 is 0 Å². The molecule has 0 saturated carbocycles. The fourth-order valence-electron chi connectivity index (χ4n) is 2.48. The monoisotopic (exact) mass is 298 g/mol. The maximum absolute atomic E-state index is 14.0. The molecule has 0 bridgehead atoms. The number of halogens is 2. The number of piperidine rings is 1. The first-order chi connectivity index (χ1) is 9.82. The summed E-state index contributed by atoms with van der Waals surface area (Å²) in [6.07, 6.45) is 0.741. The summed E-state index contributed by atoms with van der Waals surface area (Å²) in [5.41, 5.74) is -1.73. The summed E-state index contributed by atoms with van der Waals surface area (Å²) in [5, 5.41) is 10.7. The molecular weight excluding hydrogens is 282 g/mol. The zero-order chi connectivity index (χ0) is 15.7. The van der Waals surface area contributed by atoms with E-state index in [9.17, 15) is 23.7 Å². The molecule has 1 saturated heterocycles. The number of nitro benzene ring substituents is 1. The summed E-state index contributed by atoms with van der Waals surface area (Å²) in [6, 6.07) is 1.48. The molecule has 0 spiro atoms. The molecule has 0 aromatic heterocycles. The van der Waals surface area contributed by atoms with Gasteiger partial charge in [-0.05, 0) is 24.3 Å². The van der Waals surface area contributed by atoms with Gasteiger partial charge in [0.25, 0.3) is 5.91 Å². The highest BCUT2D eigenvalue weighted by Gasteiger charge is 2.32. The molecule has 7 heteroatoms. The Morgan fingerprint density at radius 2 is 2.00 bits per heavy atom. The minimum absolute atomic E-state index is 0.215. The molecule has 0 aliphatic carbocycles. The second-order valence-corrected chi connectivity index (χ2v) is 5.51. The molecule has 0 N–H and O–H groups in total. The number of nitro groups is 1. The van der Waals surface area contributed by atoms with Crippen LogP contribution in [0.4, 0.5) is 14.5 Å². The first kappa shape index (κ1) is 15.3. The van der Waals surface area contributed by atoms with Gasteiger partial charge in [-0.25, -0.2) is 4.39 Å². The maximum Gasteiger partial charge on any atom is 0.305 e. The molecular formula is C14H16F2N2O3. The fourth-order valence-corrected chi connectivity index (χ4v) is 2.48. The third-order valence-corrected chi connectivity index (χ3v) is 4.10. The number of hydrogen-bond donors (Lipinski definition) is 0. The van der Waals surface area contributed by atoms with E-state index in [0.29, 0.717) is 19.0 Å². The molecule has 1 fully saturated rings. The summed E-state index contributed by atoms with van der Waals surface area (Å²) in [7, 11) is 0.